The molecule has 1 heterocycles. The molecule has 0 atom stereocenters. The van der Waals surface area contributed by atoms with Crippen LogP contribution in [0.25, 0.3) is 0 Å². The minimum atomic E-state index is -0.172. The molecular weight excluding hydrogens is 233 g/mol. The van der Waals surface area contributed by atoms with Crippen LogP contribution >= 0.6 is 11.3 Å². The van der Waals surface area contributed by atoms with Gasteiger partial charge in [-0.05, 0) is 41.1 Å². The van der Waals surface area contributed by atoms with Gasteiger partial charge in [-0.25, -0.2) is 4.39 Å². The summed E-state index contributed by atoms with van der Waals surface area (Å²) < 4.78 is 13.0. The molecule has 0 unspecified atom stereocenters. The van der Waals surface area contributed by atoms with Crippen molar-refractivity contribution in [3.8, 4) is 0 Å². The van der Waals surface area contributed by atoms with E-state index in [0.717, 1.165) is 18.5 Å². The fourth-order valence-electron chi connectivity index (χ4n) is 1.80. The van der Waals surface area contributed by atoms with Crippen LogP contribution < -0.4 is 5.32 Å². The Hall–Kier alpha value is -1.19. The Labute approximate surface area is 105 Å². The van der Waals surface area contributed by atoms with Crippen molar-refractivity contribution < 1.29 is 4.39 Å². The monoisotopic (exact) mass is 249 g/mol. The smallest absolute Gasteiger partial charge is 0.123 e. The van der Waals surface area contributed by atoms with Crippen LogP contribution in [0.15, 0.2) is 35.7 Å². The standard InChI is InChI=1S/C14H16FNS/c1-2-12-6-7-17-14(12)10-16-9-11-4-3-5-13(15)8-11/h3-8,16H,2,9-10H2,1H3. The molecule has 0 fully saturated rings. The lowest BCUT2D eigenvalue weighted by Crippen LogP contribution is -2.12. The second-order valence-electron chi connectivity index (χ2n) is 3.96. The van der Waals surface area contributed by atoms with Gasteiger partial charge in [-0.3, -0.25) is 0 Å². The highest BCUT2D eigenvalue weighted by atomic mass is 32.1. The van der Waals surface area contributed by atoms with Crippen molar-refractivity contribution in [3.05, 3.63) is 57.5 Å². The van der Waals surface area contributed by atoms with Gasteiger partial charge < -0.3 is 5.32 Å². The summed E-state index contributed by atoms with van der Waals surface area (Å²) in [6.45, 7) is 3.73. The highest BCUT2D eigenvalue weighted by molar-refractivity contribution is 7.10. The first-order valence-electron chi connectivity index (χ1n) is 5.80. The Morgan fingerprint density at radius 2 is 2.12 bits per heavy atom. The number of halogens is 1. The van der Waals surface area contributed by atoms with Gasteiger partial charge in [0, 0.05) is 18.0 Å². The molecule has 1 N–H and O–H groups in total. The molecule has 1 aromatic heterocycles. The molecule has 17 heavy (non-hydrogen) atoms. The molecule has 0 spiro atoms. The molecule has 3 heteroatoms. The van der Waals surface area contributed by atoms with E-state index in [1.54, 1.807) is 23.5 Å². The Kier molecular flexibility index (Phi) is 4.29. The fraction of sp³-hybridized carbons (Fsp3) is 0.286. The molecule has 90 valence electrons. The first-order valence-corrected chi connectivity index (χ1v) is 6.68. The summed E-state index contributed by atoms with van der Waals surface area (Å²) in [6.07, 6.45) is 1.07. The van der Waals surface area contributed by atoms with Gasteiger partial charge in [-0.2, -0.15) is 0 Å². The first kappa shape index (κ1) is 12.3. The van der Waals surface area contributed by atoms with Crippen molar-refractivity contribution in [1.82, 2.24) is 5.32 Å². The topological polar surface area (TPSA) is 12.0 Å². The minimum absolute atomic E-state index is 0.172. The van der Waals surface area contributed by atoms with Gasteiger partial charge in [0.2, 0.25) is 0 Å². The number of rotatable bonds is 5. The van der Waals surface area contributed by atoms with Crippen molar-refractivity contribution in [1.29, 1.82) is 0 Å². The van der Waals surface area contributed by atoms with Gasteiger partial charge in [-0.15, -0.1) is 11.3 Å². The first-order chi connectivity index (χ1) is 8.29. The highest BCUT2D eigenvalue weighted by Crippen LogP contribution is 2.17. The van der Waals surface area contributed by atoms with Gasteiger partial charge in [-0.1, -0.05) is 19.1 Å². The summed E-state index contributed by atoms with van der Waals surface area (Å²) in [4.78, 5) is 1.38. The van der Waals surface area contributed by atoms with Crippen molar-refractivity contribution in [3.63, 3.8) is 0 Å². The number of aryl methyl sites for hydroxylation is 1. The molecule has 1 nitrogen and oxygen atoms in total. The molecule has 0 aliphatic carbocycles. The minimum Gasteiger partial charge on any atom is -0.308 e. The van der Waals surface area contributed by atoms with Gasteiger partial charge in [0.15, 0.2) is 0 Å². The van der Waals surface area contributed by atoms with Crippen LogP contribution in [0.1, 0.15) is 22.9 Å². The maximum Gasteiger partial charge on any atom is 0.123 e. The average molecular weight is 249 g/mol. The zero-order valence-electron chi connectivity index (χ0n) is 9.87. The van der Waals surface area contributed by atoms with Gasteiger partial charge in [0.05, 0.1) is 0 Å². The van der Waals surface area contributed by atoms with E-state index in [1.807, 2.05) is 6.07 Å². The fourth-order valence-corrected chi connectivity index (χ4v) is 2.75. The predicted molar refractivity (Wildman–Crippen MR) is 70.6 cm³/mol. The number of hydrogen-bond donors (Lipinski definition) is 1. The number of nitrogens with one attached hydrogen (secondary N) is 1. The van der Waals surface area contributed by atoms with E-state index in [-0.39, 0.29) is 5.82 Å². The Balaban J connectivity index is 1.87. The van der Waals surface area contributed by atoms with Gasteiger partial charge in [0.1, 0.15) is 5.82 Å². The zero-order chi connectivity index (χ0) is 12.1. The van der Waals surface area contributed by atoms with Gasteiger partial charge >= 0.3 is 0 Å². The van der Waals surface area contributed by atoms with Crippen LogP contribution in [0.2, 0.25) is 0 Å². The van der Waals surface area contributed by atoms with E-state index in [2.05, 4.69) is 23.7 Å². The van der Waals surface area contributed by atoms with Crippen LogP contribution in [-0.4, -0.2) is 0 Å². The van der Waals surface area contributed by atoms with E-state index in [9.17, 15) is 4.39 Å². The maximum atomic E-state index is 13.0. The van der Waals surface area contributed by atoms with E-state index >= 15 is 0 Å². The molecular formula is C14H16FNS. The normalized spacial score (nSPS) is 10.7. The number of benzene rings is 1. The van der Waals surface area contributed by atoms with Crippen LogP contribution in [0.3, 0.4) is 0 Å². The Morgan fingerprint density at radius 3 is 2.88 bits per heavy atom. The second-order valence-corrected chi connectivity index (χ2v) is 4.96. The molecule has 2 rings (SSSR count). The average Bonchev–Trinajstić information content (AvgIpc) is 2.77. The summed E-state index contributed by atoms with van der Waals surface area (Å²) in [5.41, 5.74) is 2.39. The molecule has 0 saturated carbocycles. The molecule has 0 aliphatic heterocycles. The molecule has 0 radical (unpaired) electrons. The highest BCUT2D eigenvalue weighted by Gasteiger charge is 2.02. The van der Waals surface area contributed by atoms with Crippen molar-refractivity contribution >= 4 is 11.3 Å². The summed E-state index contributed by atoms with van der Waals surface area (Å²) in [7, 11) is 0. The summed E-state index contributed by atoms with van der Waals surface area (Å²) in [5, 5.41) is 5.47. The number of thiophene rings is 1. The zero-order valence-corrected chi connectivity index (χ0v) is 10.7. The molecule has 0 aliphatic rings. The molecule has 1 aromatic carbocycles. The molecule has 2 aromatic rings. The van der Waals surface area contributed by atoms with Crippen molar-refractivity contribution in [2.75, 3.05) is 0 Å². The van der Waals surface area contributed by atoms with Crippen molar-refractivity contribution in [2.45, 2.75) is 26.4 Å². The summed E-state index contributed by atoms with van der Waals surface area (Å²) in [6, 6.07) is 8.89. The SMILES string of the molecule is CCc1ccsc1CNCc1cccc(F)c1. The second kappa shape index (κ2) is 5.94. The van der Waals surface area contributed by atoms with E-state index < -0.39 is 0 Å². The molecule has 0 bridgehead atoms. The van der Waals surface area contributed by atoms with Crippen molar-refractivity contribution in [2.24, 2.45) is 0 Å². The Bertz CT molecular complexity index is 479. The molecule has 0 amide bonds. The number of hydrogen-bond acceptors (Lipinski definition) is 2. The molecule has 0 saturated heterocycles. The van der Waals surface area contributed by atoms with E-state index in [4.69, 9.17) is 0 Å². The lowest BCUT2D eigenvalue weighted by Gasteiger charge is -2.05. The third-order valence-electron chi connectivity index (χ3n) is 2.72. The largest absolute Gasteiger partial charge is 0.308 e. The lowest BCUT2D eigenvalue weighted by atomic mass is 10.2. The third-order valence-corrected chi connectivity index (χ3v) is 3.69. The predicted octanol–water partition coefficient (Wildman–Crippen LogP) is 3.74. The van der Waals surface area contributed by atoms with E-state index in [0.29, 0.717) is 6.54 Å². The van der Waals surface area contributed by atoms with Gasteiger partial charge in [0.25, 0.3) is 0 Å². The third kappa shape index (κ3) is 3.38. The maximum absolute atomic E-state index is 13.0. The lowest BCUT2D eigenvalue weighted by molar-refractivity contribution is 0.620. The van der Waals surface area contributed by atoms with Crippen LogP contribution in [0.4, 0.5) is 4.39 Å². The summed E-state index contributed by atoms with van der Waals surface area (Å²) >= 11 is 1.78. The quantitative estimate of drug-likeness (QED) is 0.851. The van der Waals surface area contributed by atoms with Crippen LogP contribution in [-0.2, 0) is 19.5 Å². The Morgan fingerprint density at radius 1 is 1.24 bits per heavy atom. The van der Waals surface area contributed by atoms with Crippen LogP contribution in [0.5, 0.6) is 0 Å². The van der Waals surface area contributed by atoms with E-state index in [1.165, 1.54) is 16.5 Å². The van der Waals surface area contributed by atoms with Crippen LogP contribution in [0, 0.1) is 5.82 Å². The summed E-state index contributed by atoms with van der Waals surface area (Å²) in [5.74, 6) is -0.172.